The van der Waals surface area contributed by atoms with Crippen molar-refractivity contribution in [3.8, 4) is 0 Å². The maximum Gasteiger partial charge on any atom is 0.253 e. The lowest BCUT2D eigenvalue weighted by Crippen LogP contribution is -2.43. The summed E-state index contributed by atoms with van der Waals surface area (Å²) in [5, 5.41) is 5.25. The fourth-order valence-electron chi connectivity index (χ4n) is 2.04. The molecule has 0 bridgehead atoms. The van der Waals surface area contributed by atoms with Crippen LogP contribution in [0.5, 0.6) is 0 Å². The minimum Gasteiger partial charge on any atom is -0.350 e. The second kappa shape index (κ2) is 6.48. The Morgan fingerprint density at radius 3 is 2.36 bits per heavy atom. The van der Waals surface area contributed by atoms with E-state index in [1.165, 1.54) is 0 Å². The van der Waals surface area contributed by atoms with E-state index in [-0.39, 0.29) is 17.3 Å². The molecule has 7 heteroatoms. The first-order valence-corrected chi connectivity index (χ1v) is 6.97. The van der Waals surface area contributed by atoms with Crippen LogP contribution in [0.4, 0.5) is 17.1 Å². The van der Waals surface area contributed by atoms with Gasteiger partial charge in [0.25, 0.3) is 10.9 Å². The summed E-state index contributed by atoms with van der Waals surface area (Å²) >= 11 is 0. The zero-order chi connectivity index (χ0) is 16.3. The number of carbonyl (C=O) groups excluding carboxylic acids is 1. The molecule has 2 rings (SSSR count). The lowest BCUT2D eigenvalue weighted by molar-refractivity contribution is -0.117. The lowest BCUT2D eigenvalue weighted by Gasteiger charge is -2.17. The second-order valence-corrected chi connectivity index (χ2v) is 5.49. The molecule has 2 aromatic rings. The Balaban J connectivity index is 2.13. The summed E-state index contributed by atoms with van der Waals surface area (Å²) in [4.78, 5) is 39.1. The highest BCUT2D eigenvalue weighted by atomic mass is 16.2. The Labute approximate surface area is 127 Å². The van der Waals surface area contributed by atoms with Gasteiger partial charge in [0.05, 0.1) is 6.04 Å². The third-order valence-corrected chi connectivity index (χ3v) is 3.17. The highest BCUT2D eigenvalue weighted by molar-refractivity contribution is 5.99. The summed E-state index contributed by atoms with van der Waals surface area (Å²) < 4.78 is 0. The van der Waals surface area contributed by atoms with Crippen LogP contribution in [-0.4, -0.2) is 16.9 Å². The molecule has 0 saturated heterocycles. The van der Waals surface area contributed by atoms with E-state index in [9.17, 15) is 14.4 Å². The highest BCUT2D eigenvalue weighted by Crippen LogP contribution is 2.20. The molecule has 0 aliphatic heterocycles. The van der Waals surface area contributed by atoms with Crippen molar-refractivity contribution in [2.45, 2.75) is 26.3 Å². The third-order valence-electron chi connectivity index (χ3n) is 3.17. The van der Waals surface area contributed by atoms with E-state index < -0.39 is 22.8 Å². The zero-order valence-electron chi connectivity index (χ0n) is 12.4. The maximum atomic E-state index is 12.0. The van der Waals surface area contributed by atoms with E-state index in [0.717, 1.165) is 0 Å². The number of pyridine rings is 1. The van der Waals surface area contributed by atoms with Gasteiger partial charge in [0.2, 0.25) is 5.91 Å². The summed E-state index contributed by atoms with van der Waals surface area (Å²) in [6, 6.07) is 2.57. The monoisotopic (exact) mass is 302 g/mol. The van der Waals surface area contributed by atoms with Gasteiger partial charge in [0.1, 0.15) is 11.4 Å². The molecule has 1 aromatic carbocycles. The van der Waals surface area contributed by atoms with Crippen molar-refractivity contribution >= 4 is 23.0 Å². The first-order chi connectivity index (χ1) is 10.4. The summed E-state index contributed by atoms with van der Waals surface area (Å²) in [7, 11) is 0. The average Bonchev–Trinajstić information content (AvgIpc) is 2.50. The standard InChI is InChI=1S/C15H18N4O3/c1-8(2)7-10(16)15(22)19-12-11(13(20)14(12)21)18-9-3-5-17-6-4-9/h3-6,8,10H,7,16H2,1-2H3,(H,17,18)(H,19,22)/t10-/m0/s1. The molecule has 0 aliphatic carbocycles. The van der Waals surface area contributed by atoms with Crippen molar-refractivity contribution in [2.24, 2.45) is 11.7 Å². The Morgan fingerprint density at radius 1 is 1.18 bits per heavy atom. The summed E-state index contributed by atoms with van der Waals surface area (Å²) in [6.07, 6.45) is 3.59. The van der Waals surface area contributed by atoms with Crippen LogP contribution in [0.25, 0.3) is 0 Å². The molecule has 0 radical (unpaired) electrons. The number of aromatic nitrogens is 1. The van der Waals surface area contributed by atoms with Gasteiger partial charge in [-0.15, -0.1) is 0 Å². The number of hydrogen-bond acceptors (Lipinski definition) is 6. The number of nitrogens with zero attached hydrogens (tertiary/aromatic N) is 1. The van der Waals surface area contributed by atoms with Gasteiger partial charge in [-0.3, -0.25) is 19.4 Å². The maximum absolute atomic E-state index is 12.0. The van der Waals surface area contributed by atoms with Crippen LogP contribution in [-0.2, 0) is 4.79 Å². The molecule has 0 aliphatic rings. The van der Waals surface area contributed by atoms with Crippen LogP contribution < -0.4 is 27.2 Å². The van der Waals surface area contributed by atoms with E-state index in [1.54, 1.807) is 24.5 Å². The number of hydrogen-bond donors (Lipinski definition) is 3. The predicted molar refractivity (Wildman–Crippen MR) is 84.9 cm³/mol. The Bertz CT molecular complexity index is 733. The Morgan fingerprint density at radius 2 is 1.77 bits per heavy atom. The molecule has 7 nitrogen and oxygen atoms in total. The fraction of sp³-hybridized carbons (Fsp3) is 0.333. The molecule has 0 unspecified atom stereocenters. The van der Waals surface area contributed by atoms with Crippen LogP contribution in [0.3, 0.4) is 0 Å². The van der Waals surface area contributed by atoms with Crippen molar-refractivity contribution in [2.75, 3.05) is 10.6 Å². The summed E-state index contributed by atoms with van der Waals surface area (Å²) in [5.41, 5.74) is 5.02. The Hall–Kier alpha value is -2.54. The second-order valence-electron chi connectivity index (χ2n) is 5.49. The molecular formula is C15H18N4O3. The average molecular weight is 302 g/mol. The van der Waals surface area contributed by atoms with Crippen molar-refractivity contribution in [3.05, 3.63) is 45.0 Å². The zero-order valence-corrected chi connectivity index (χ0v) is 12.4. The van der Waals surface area contributed by atoms with Gasteiger partial charge in [-0.25, -0.2) is 0 Å². The van der Waals surface area contributed by atoms with Crippen LogP contribution >= 0.6 is 0 Å². The summed E-state index contributed by atoms with van der Waals surface area (Å²) in [6.45, 7) is 3.89. The van der Waals surface area contributed by atoms with Crippen molar-refractivity contribution in [3.63, 3.8) is 0 Å². The molecule has 1 heterocycles. The molecule has 4 N–H and O–H groups in total. The van der Waals surface area contributed by atoms with Crippen LogP contribution in [0.2, 0.25) is 0 Å². The predicted octanol–water partition coefficient (Wildman–Crippen LogP) is 0.733. The molecule has 1 aromatic heterocycles. The van der Waals surface area contributed by atoms with Gasteiger partial charge >= 0.3 is 0 Å². The van der Waals surface area contributed by atoms with Crippen molar-refractivity contribution < 1.29 is 4.79 Å². The third kappa shape index (κ3) is 3.37. The van der Waals surface area contributed by atoms with Gasteiger partial charge in [0, 0.05) is 18.1 Å². The van der Waals surface area contributed by atoms with Crippen molar-refractivity contribution in [1.82, 2.24) is 4.98 Å². The topological polar surface area (TPSA) is 114 Å². The van der Waals surface area contributed by atoms with Crippen molar-refractivity contribution in [1.29, 1.82) is 0 Å². The van der Waals surface area contributed by atoms with Gasteiger partial charge < -0.3 is 16.4 Å². The molecule has 0 fully saturated rings. The number of nitrogens with two attached hydrogens (primary N) is 1. The molecule has 0 saturated carbocycles. The quantitative estimate of drug-likeness (QED) is 0.678. The minimum atomic E-state index is -0.724. The number of rotatable bonds is 6. The minimum absolute atomic E-state index is 0.0361. The smallest absolute Gasteiger partial charge is 0.253 e. The first-order valence-electron chi connectivity index (χ1n) is 6.97. The van der Waals surface area contributed by atoms with Gasteiger partial charge in [-0.1, -0.05) is 13.8 Å². The normalized spacial score (nSPS) is 12.4. The number of carbonyl (C=O) groups is 1. The highest BCUT2D eigenvalue weighted by Gasteiger charge is 2.25. The number of nitrogens with one attached hydrogen (secondary N) is 2. The van der Waals surface area contributed by atoms with Crippen LogP contribution in [0, 0.1) is 5.92 Å². The molecule has 1 amide bonds. The van der Waals surface area contributed by atoms with Crippen LogP contribution in [0.15, 0.2) is 34.1 Å². The van der Waals surface area contributed by atoms with E-state index in [0.29, 0.717) is 12.1 Å². The molecule has 116 valence electrons. The number of amides is 1. The van der Waals surface area contributed by atoms with E-state index in [1.807, 2.05) is 13.8 Å². The molecule has 22 heavy (non-hydrogen) atoms. The van der Waals surface area contributed by atoms with E-state index >= 15 is 0 Å². The number of anilines is 3. The SMILES string of the molecule is CC(C)C[C@H](N)C(=O)Nc1c(Nc2ccncc2)c(=O)c1=O. The molecule has 1 atom stereocenters. The lowest BCUT2D eigenvalue weighted by atomic mass is 10.0. The van der Waals surface area contributed by atoms with Gasteiger partial charge in [-0.2, -0.15) is 0 Å². The Kier molecular flexibility index (Phi) is 4.67. The van der Waals surface area contributed by atoms with Gasteiger partial charge in [0.15, 0.2) is 0 Å². The fourth-order valence-corrected chi connectivity index (χ4v) is 2.04. The first kappa shape index (κ1) is 15.8. The molecular weight excluding hydrogens is 284 g/mol. The molecule has 0 spiro atoms. The summed E-state index contributed by atoms with van der Waals surface area (Å²) in [5.74, 6) is -0.221. The largest absolute Gasteiger partial charge is 0.350 e. The van der Waals surface area contributed by atoms with Gasteiger partial charge in [-0.05, 0) is 24.5 Å². The van der Waals surface area contributed by atoms with E-state index in [2.05, 4.69) is 15.6 Å². The van der Waals surface area contributed by atoms with E-state index in [4.69, 9.17) is 5.73 Å². The van der Waals surface area contributed by atoms with Crippen LogP contribution in [0.1, 0.15) is 20.3 Å².